The van der Waals surface area contributed by atoms with Crippen molar-refractivity contribution in [2.75, 3.05) is 0 Å². The smallest absolute Gasteiger partial charge is 0.303 e. The van der Waals surface area contributed by atoms with Gasteiger partial charge in [0.15, 0.2) is 0 Å². The van der Waals surface area contributed by atoms with Crippen molar-refractivity contribution in [1.29, 1.82) is 0 Å². The minimum absolute atomic E-state index is 0.162. The van der Waals surface area contributed by atoms with Crippen LogP contribution in [0.2, 0.25) is 0 Å². The van der Waals surface area contributed by atoms with Crippen LogP contribution in [0.3, 0.4) is 0 Å². The monoisotopic (exact) mass is 279 g/mol. The lowest BCUT2D eigenvalue weighted by Gasteiger charge is -2.09. The van der Waals surface area contributed by atoms with Crippen molar-refractivity contribution in [1.82, 2.24) is 4.57 Å². The maximum Gasteiger partial charge on any atom is 0.303 e. The number of hydrogen-bond acceptors (Lipinski definition) is 1. The van der Waals surface area contributed by atoms with Gasteiger partial charge in [0.25, 0.3) is 0 Å². The largest absolute Gasteiger partial charge is 0.481 e. The highest BCUT2D eigenvalue weighted by Crippen LogP contribution is 2.22. The van der Waals surface area contributed by atoms with Gasteiger partial charge in [-0.15, -0.1) is 0 Å². The fraction of sp³-hybridized carbons (Fsp3) is 0.167. The van der Waals surface area contributed by atoms with Crippen molar-refractivity contribution in [2.45, 2.75) is 19.4 Å². The molecule has 0 saturated heterocycles. The second kappa shape index (κ2) is 5.83. The van der Waals surface area contributed by atoms with Crippen LogP contribution in [0.1, 0.15) is 17.5 Å². The molecular formula is C18H17NO2. The van der Waals surface area contributed by atoms with E-state index in [9.17, 15) is 4.79 Å². The molecule has 0 aliphatic heterocycles. The molecule has 0 aliphatic rings. The number of nitrogens with zero attached hydrogens (tertiary/aromatic N) is 1. The van der Waals surface area contributed by atoms with Gasteiger partial charge in [-0.3, -0.25) is 4.79 Å². The zero-order chi connectivity index (χ0) is 14.7. The molecule has 0 aliphatic carbocycles. The number of fused-ring (bicyclic) bond motifs is 1. The molecule has 0 radical (unpaired) electrons. The number of hydrogen-bond donors (Lipinski definition) is 1. The molecular weight excluding hydrogens is 262 g/mol. The van der Waals surface area contributed by atoms with E-state index in [-0.39, 0.29) is 6.42 Å². The van der Waals surface area contributed by atoms with Crippen LogP contribution < -0.4 is 0 Å². The number of carbonyl (C=O) groups is 1. The number of para-hydroxylation sites is 1. The molecule has 1 heterocycles. The van der Waals surface area contributed by atoms with Crippen molar-refractivity contribution in [3.05, 3.63) is 71.9 Å². The topological polar surface area (TPSA) is 42.2 Å². The predicted octanol–water partition coefficient (Wildman–Crippen LogP) is 3.71. The third-order valence-electron chi connectivity index (χ3n) is 3.68. The Bertz CT molecular complexity index is 759. The maximum absolute atomic E-state index is 10.8. The number of carboxylic acid groups (broad SMARTS) is 1. The molecule has 3 heteroatoms. The van der Waals surface area contributed by atoms with E-state index in [0.29, 0.717) is 6.42 Å². The lowest BCUT2D eigenvalue weighted by Crippen LogP contribution is -2.02. The van der Waals surface area contributed by atoms with Crippen LogP contribution >= 0.6 is 0 Å². The number of benzene rings is 2. The first-order chi connectivity index (χ1) is 10.2. The highest BCUT2D eigenvalue weighted by Gasteiger charge is 2.08. The summed E-state index contributed by atoms with van der Waals surface area (Å²) in [5, 5.41) is 10.1. The lowest BCUT2D eigenvalue weighted by molar-refractivity contribution is -0.136. The van der Waals surface area contributed by atoms with Crippen LogP contribution in [0.4, 0.5) is 0 Å². The fourth-order valence-electron chi connectivity index (χ4n) is 2.70. The molecule has 21 heavy (non-hydrogen) atoms. The summed E-state index contributed by atoms with van der Waals surface area (Å²) in [4.78, 5) is 10.8. The number of carboxylic acids is 1. The van der Waals surface area contributed by atoms with Gasteiger partial charge in [-0.2, -0.15) is 0 Å². The normalized spacial score (nSPS) is 10.9. The second-order valence-corrected chi connectivity index (χ2v) is 5.18. The van der Waals surface area contributed by atoms with Gasteiger partial charge in [0.2, 0.25) is 0 Å². The van der Waals surface area contributed by atoms with E-state index in [4.69, 9.17) is 5.11 Å². The summed E-state index contributed by atoms with van der Waals surface area (Å²) in [5.41, 5.74) is 3.47. The Morgan fingerprint density at radius 1 is 1.00 bits per heavy atom. The van der Waals surface area contributed by atoms with E-state index in [1.165, 1.54) is 5.56 Å². The number of rotatable bonds is 5. The van der Waals surface area contributed by atoms with Gasteiger partial charge >= 0.3 is 5.97 Å². The van der Waals surface area contributed by atoms with Gasteiger partial charge in [0.1, 0.15) is 0 Å². The summed E-state index contributed by atoms with van der Waals surface area (Å²) in [6.45, 7) is 0.800. The summed E-state index contributed by atoms with van der Waals surface area (Å²) in [6.07, 6.45) is 2.79. The number of aliphatic carboxylic acids is 1. The van der Waals surface area contributed by atoms with Crippen LogP contribution in [-0.4, -0.2) is 15.6 Å². The SMILES string of the molecule is O=C(O)CCc1cccc2ccn(Cc3ccccc3)c12. The third-order valence-corrected chi connectivity index (χ3v) is 3.68. The molecule has 0 bridgehead atoms. The maximum atomic E-state index is 10.8. The Labute approximate surface area is 123 Å². The van der Waals surface area contributed by atoms with Gasteiger partial charge < -0.3 is 9.67 Å². The molecule has 0 saturated carbocycles. The second-order valence-electron chi connectivity index (χ2n) is 5.18. The summed E-state index contributed by atoms with van der Waals surface area (Å²) < 4.78 is 2.20. The summed E-state index contributed by atoms with van der Waals surface area (Å²) in [5.74, 6) is -0.756. The highest BCUT2D eigenvalue weighted by atomic mass is 16.4. The van der Waals surface area contributed by atoms with Crippen molar-refractivity contribution in [2.24, 2.45) is 0 Å². The molecule has 3 rings (SSSR count). The minimum Gasteiger partial charge on any atom is -0.481 e. The van der Waals surface area contributed by atoms with Crippen molar-refractivity contribution < 1.29 is 9.90 Å². The van der Waals surface area contributed by atoms with Crippen LogP contribution in [-0.2, 0) is 17.8 Å². The highest BCUT2D eigenvalue weighted by molar-refractivity contribution is 5.84. The van der Waals surface area contributed by atoms with Gasteiger partial charge in [0.05, 0.1) is 5.52 Å². The lowest BCUT2D eigenvalue weighted by atomic mass is 10.1. The van der Waals surface area contributed by atoms with Gasteiger partial charge in [-0.05, 0) is 29.0 Å². The summed E-state index contributed by atoms with van der Waals surface area (Å²) >= 11 is 0. The average Bonchev–Trinajstić information content (AvgIpc) is 2.90. The minimum atomic E-state index is -0.756. The molecule has 106 valence electrons. The number of aryl methyl sites for hydroxylation is 1. The quantitative estimate of drug-likeness (QED) is 0.773. The van der Waals surface area contributed by atoms with Crippen molar-refractivity contribution in [3.8, 4) is 0 Å². The van der Waals surface area contributed by atoms with Crippen LogP contribution in [0.5, 0.6) is 0 Å². The molecule has 0 unspecified atom stereocenters. The molecule has 1 N–H and O–H groups in total. The fourth-order valence-corrected chi connectivity index (χ4v) is 2.70. The summed E-state index contributed by atoms with van der Waals surface area (Å²) in [7, 11) is 0. The Morgan fingerprint density at radius 3 is 2.57 bits per heavy atom. The standard InChI is InChI=1S/C18H17NO2/c20-17(21)10-9-15-7-4-8-16-11-12-19(18(15)16)13-14-5-2-1-3-6-14/h1-8,11-12H,9-10,13H2,(H,20,21). The summed E-state index contributed by atoms with van der Waals surface area (Å²) in [6, 6.07) is 18.5. The van der Waals surface area contributed by atoms with Crippen molar-refractivity contribution in [3.63, 3.8) is 0 Å². The van der Waals surface area contributed by atoms with Crippen molar-refractivity contribution >= 4 is 16.9 Å². The van der Waals surface area contributed by atoms with E-state index < -0.39 is 5.97 Å². The van der Waals surface area contributed by atoms with E-state index in [1.807, 2.05) is 30.3 Å². The first-order valence-electron chi connectivity index (χ1n) is 7.06. The molecule has 1 aromatic heterocycles. The first kappa shape index (κ1) is 13.4. The first-order valence-corrected chi connectivity index (χ1v) is 7.06. The number of aromatic nitrogens is 1. The van der Waals surface area contributed by atoms with E-state index in [1.54, 1.807) is 0 Å². The third kappa shape index (κ3) is 2.97. The van der Waals surface area contributed by atoms with Crippen LogP contribution in [0.25, 0.3) is 10.9 Å². The van der Waals surface area contributed by atoms with Gasteiger partial charge in [0, 0.05) is 19.2 Å². The van der Waals surface area contributed by atoms with E-state index in [0.717, 1.165) is 23.0 Å². The Hall–Kier alpha value is -2.55. The Kier molecular flexibility index (Phi) is 3.73. The molecule has 3 nitrogen and oxygen atoms in total. The van der Waals surface area contributed by atoms with Gasteiger partial charge in [-0.1, -0.05) is 48.5 Å². The zero-order valence-electron chi connectivity index (χ0n) is 11.7. The molecule has 3 aromatic rings. The molecule has 0 fully saturated rings. The average molecular weight is 279 g/mol. The zero-order valence-corrected chi connectivity index (χ0v) is 11.7. The van der Waals surface area contributed by atoms with E-state index in [2.05, 4.69) is 35.0 Å². The Balaban J connectivity index is 1.97. The van der Waals surface area contributed by atoms with Gasteiger partial charge in [-0.25, -0.2) is 0 Å². The molecule has 0 spiro atoms. The molecule has 2 aromatic carbocycles. The Morgan fingerprint density at radius 2 is 1.81 bits per heavy atom. The van der Waals surface area contributed by atoms with Crippen LogP contribution in [0.15, 0.2) is 60.8 Å². The molecule has 0 atom stereocenters. The molecule has 0 amide bonds. The van der Waals surface area contributed by atoms with E-state index >= 15 is 0 Å². The predicted molar refractivity (Wildman–Crippen MR) is 83.4 cm³/mol. The van der Waals surface area contributed by atoms with Crippen LogP contribution in [0, 0.1) is 0 Å².